The molecule has 1 N–H and O–H groups in total. The Morgan fingerprint density at radius 3 is 2.89 bits per heavy atom. The van der Waals surface area contributed by atoms with E-state index < -0.39 is 0 Å². The van der Waals surface area contributed by atoms with Crippen molar-refractivity contribution in [3.8, 4) is 0 Å². The van der Waals surface area contributed by atoms with Crippen molar-refractivity contribution in [1.82, 2.24) is 10.2 Å². The number of piperazine rings is 1. The third kappa shape index (κ3) is 2.66. The fourth-order valence-electron chi connectivity index (χ4n) is 2.75. The highest BCUT2D eigenvalue weighted by Gasteiger charge is 2.38. The van der Waals surface area contributed by atoms with Crippen LogP contribution in [0.4, 0.5) is 0 Å². The molecule has 0 saturated carbocycles. The van der Waals surface area contributed by atoms with E-state index in [-0.39, 0.29) is 36.5 Å². The topological polar surface area (TPSA) is 58.6 Å². The van der Waals surface area contributed by atoms with E-state index in [2.05, 4.69) is 5.32 Å². The van der Waals surface area contributed by atoms with Crippen molar-refractivity contribution in [1.29, 1.82) is 0 Å². The summed E-state index contributed by atoms with van der Waals surface area (Å²) < 4.78 is 5.62. The summed E-state index contributed by atoms with van der Waals surface area (Å²) in [6.07, 6.45) is 3.70. The summed E-state index contributed by atoms with van der Waals surface area (Å²) in [4.78, 5) is 25.7. The van der Waals surface area contributed by atoms with E-state index in [0.29, 0.717) is 6.42 Å². The highest BCUT2D eigenvalue weighted by molar-refractivity contribution is 5.95. The Morgan fingerprint density at radius 1 is 1.50 bits per heavy atom. The van der Waals surface area contributed by atoms with Crippen molar-refractivity contribution in [3.05, 3.63) is 0 Å². The van der Waals surface area contributed by atoms with E-state index in [1.54, 1.807) is 4.90 Å². The number of hydrogen-bond donors (Lipinski definition) is 1. The van der Waals surface area contributed by atoms with E-state index in [0.717, 1.165) is 25.9 Å². The van der Waals surface area contributed by atoms with E-state index in [4.69, 9.17) is 4.74 Å². The molecule has 102 valence electrons. The number of carbonyl (C=O) groups is 2. The number of ether oxygens (including phenoxy) is 1. The molecule has 0 aromatic carbocycles. The third-order valence-electron chi connectivity index (χ3n) is 3.80. The van der Waals surface area contributed by atoms with Crippen LogP contribution in [0.3, 0.4) is 0 Å². The molecule has 0 radical (unpaired) electrons. The smallest absolute Gasteiger partial charge is 0.245 e. The first-order valence-corrected chi connectivity index (χ1v) is 6.85. The largest absolute Gasteiger partial charge is 0.376 e. The lowest BCUT2D eigenvalue weighted by Gasteiger charge is -2.38. The van der Waals surface area contributed by atoms with Gasteiger partial charge in [-0.3, -0.25) is 9.59 Å². The van der Waals surface area contributed by atoms with Gasteiger partial charge in [0.1, 0.15) is 6.04 Å². The SMILES string of the molecule is CCCC1NC(=O)CN(C(C)C2CCCO2)C1=O. The van der Waals surface area contributed by atoms with Crippen LogP contribution in [0.5, 0.6) is 0 Å². The monoisotopic (exact) mass is 254 g/mol. The van der Waals surface area contributed by atoms with Gasteiger partial charge in [-0.05, 0) is 26.2 Å². The Morgan fingerprint density at radius 2 is 2.28 bits per heavy atom. The van der Waals surface area contributed by atoms with Crippen molar-refractivity contribution in [2.75, 3.05) is 13.2 Å². The molecule has 0 spiro atoms. The molecule has 2 amide bonds. The highest BCUT2D eigenvalue weighted by atomic mass is 16.5. The van der Waals surface area contributed by atoms with Crippen LogP contribution in [0.2, 0.25) is 0 Å². The second-order valence-electron chi connectivity index (χ2n) is 5.17. The minimum Gasteiger partial charge on any atom is -0.376 e. The van der Waals surface area contributed by atoms with E-state index in [1.165, 1.54) is 0 Å². The summed E-state index contributed by atoms with van der Waals surface area (Å²) in [5.74, 6) is -0.0163. The fourth-order valence-corrected chi connectivity index (χ4v) is 2.75. The Bertz CT molecular complexity index is 326. The van der Waals surface area contributed by atoms with Gasteiger partial charge in [0, 0.05) is 6.61 Å². The molecule has 2 heterocycles. The quantitative estimate of drug-likeness (QED) is 0.802. The summed E-state index contributed by atoms with van der Waals surface area (Å²) in [6, 6.07) is -0.356. The molecule has 3 unspecified atom stereocenters. The second kappa shape index (κ2) is 5.69. The zero-order chi connectivity index (χ0) is 13.1. The van der Waals surface area contributed by atoms with Crippen molar-refractivity contribution in [2.45, 2.75) is 57.7 Å². The summed E-state index contributed by atoms with van der Waals surface area (Å²) >= 11 is 0. The molecule has 2 saturated heterocycles. The molecule has 2 rings (SSSR count). The molecular weight excluding hydrogens is 232 g/mol. The summed E-state index contributed by atoms with van der Waals surface area (Å²) in [5, 5.41) is 2.77. The average molecular weight is 254 g/mol. The molecule has 2 aliphatic rings. The lowest BCUT2D eigenvalue weighted by Crippen LogP contribution is -2.61. The van der Waals surface area contributed by atoms with Gasteiger partial charge in [-0.2, -0.15) is 0 Å². The lowest BCUT2D eigenvalue weighted by molar-refractivity contribution is -0.149. The van der Waals surface area contributed by atoms with Crippen LogP contribution in [-0.4, -0.2) is 48.1 Å². The van der Waals surface area contributed by atoms with E-state index in [9.17, 15) is 9.59 Å². The van der Waals surface area contributed by atoms with Gasteiger partial charge in [-0.1, -0.05) is 13.3 Å². The Labute approximate surface area is 108 Å². The maximum atomic E-state index is 12.3. The van der Waals surface area contributed by atoms with Crippen LogP contribution >= 0.6 is 0 Å². The molecule has 0 aliphatic carbocycles. The first-order chi connectivity index (χ1) is 8.63. The third-order valence-corrected chi connectivity index (χ3v) is 3.80. The van der Waals surface area contributed by atoms with Gasteiger partial charge >= 0.3 is 0 Å². The number of carbonyl (C=O) groups excluding carboxylic acids is 2. The molecule has 3 atom stereocenters. The summed E-state index contributed by atoms with van der Waals surface area (Å²) in [7, 11) is 0. The number of nitrogens with one attached hydrogen (secondary N) is 1. The maximum absolute atomic E-state index is 12.3. The molecule has 0 aromatic rings. The molecule has 2 fully saturated rings. The predicted molar refractivity (Wildman–Crippen MR) is 67.0 cm³/mol. The van der Waals surface area contributed by atoms with Crippen LogP contribution in [-0.2, 0) is 14.3 Å². The van der Waals surface area contributed by atoms with Gasteiger partial charge in [-0.15, -0.1) is 0 Å². The van der Waals surface area contributed by atoms with Crippen molar-refractivity contribution >= 4 is 11.8 Å². The predicted octanol–water partition coefficient (Wildman–Crippen LogP) is 0.681. The van der Waals surface area contributed by atoms with Crippen LogP contribution in [0.15, 0.2) is 0 Å². The minimum absolute atomic E-state index is 0.00888. The number of rotatable bonds is 4. The van der Waals surface area contributed by atoms with Gasteiger partial charge in [-0.25, -0.2) is 0 Å². The molecule has 5 heteroatoms. The van der Waals surface area contributed by atoms with Gasteiger partial charge in [0.25, 0.3) is 0 Å². The first kappa shape index (κ1) is 13.3. The second-order valence-corrected chi connectivity index (χ2v) is 5.17. The van der Waals surface area contributed by atoms with Crippen molar-refractivity contribution in [3.63, 3.8) is 0 Å². The first-order valence-electron chi connectivity index (χ1n) is 6.85. The van der Waals surface area contributed by atoms with Crippen molar-refractivity contribution < 1.29 is 14.3 Å². The normalized spacial score (nSPS) is 30.4. The van der Waals surface area contributed by atoms with Crippen LogP contribution < -0.4 is 5.32 Å². The molecular formula is C13H22N2O3. The molecule has 18 heavy (non-hydrogen) atoms. The zero-order valence-electron chi connectivity index (χ0n) is 11.1. The zero-order valence-corrected chi connectivity index (χ0v) is 11.1. The summed E-state index contributed by atoms with van der Waals surface area (Å²) in [6.45, 7) is 4.93. The summed E-state index contributed by atoms with van der Waals surface area (Å²) in [5.41, 5.74) is 0. The minimum atomic E-state index is -0.347. The van der Waals surface area contributed by atoms with Crippen molar-refractivity contribution in [2.24, 2.45) is 0 Å². The number of amides is 2. The molecule has 5 nitrogen and oxygen atoms in total. The Hall–Kier alpha value is -1.10. The maximum Gasteiger partial charge on any atom is 0.245 e. The lowest BCUT2D eigenvalue weighted by atomic mass is 10.0. The van der Waals surface area contributed by atoms with Crippen LogP contribution in [0.1, 0.15) is 39.5 Å². The van der Waals surface area contributed by atoms with Gasteiger partial charge in [0.15, 0.2) is 0 Å². The highest BCUT2D eigenvalue weighted by Crippen LogP contribution is 2.21. The number of hydrogen-bond acceptors (Lipinski definition) is 3. The standard InChI is InChI=1S/C13H22N2O3/c1-3-5-10-13(17)15(8-12(16)14-10)9(2)11-6-4-7-18-11/h9-11H,3-8H2,1-2H3,(H,14,16). The Kier molecular flexibility index (Phi) is 4.22. The van der Waals surface area contributed by atoms with Gasteiger partial charge in [0.05, 0.1) is 18.7 Å². The number of nitrogens with zero attached hydrogens (tertiary/aromatic N) is 1. The Balaban J connectivity index is 2.05. The average Bonchev–Trinajstić information content (AvgIpc) is 2.86. The molecule has 0 bridgehead atoms. The molecule has 2 aliphatic heterocycles. The van der Waals surface area contributed by atoms with Gasteiger partial charge < -0.3 is 15.0 Å². The van der Waals surface area contributed by atoms with Crippen LogP contribution in [0.25, 0.3) is 0 Å². The fraction of sp³-hybridized carbons (Fsp3) is 0.846. The van der Waals surface area contributed by atoms with E-state index >= 15 is 0 Å². The van der Waals surface area contributed by atoms with E-state index in [1.807, 2.05) is 13.8 Å². The van der Waals surface area contributed by atoms with Gasteiger partial charge in [0.2, 0.25) is 11.8 Å². The van der Waals surface area contributed by atoms with Crippen LogP contribution in [0, 0.1) is 0 Å². The molecule has 0 aromatic heterocycles.